The summed E-state index contributed by atoms with van der Waals surface area (Å²) in [6, 6.07) is 5.62. The lowest BCUT2D eigenvalue weighted by Gasteiger charge is -2.60. The summed E-state index contributed by atoms with van der Waals surface area (Å²) < 4.78 is 44.3. The second-order valence-corrected chi connectivity index (χ2v) is 13.2. The number of anilines is 1. The Labute approximate surface area is 268 Å². The molecule has 2 fully saturated rings. The number of carbonyl (C=O) groups is 2. The van der Waals surface area contributed by atoms with Crippen molar-refractivity contribution in [2.75, 3.05) is 57.9 Å². The van der Waals surface area contributed by atoms with E-state index in [0.29, 0.717) is 43.1 Å². The van der Waals surface area contributed by atoms with Crippen molar-refractivity contribution in [1.29, 1.82) is 0 Å². The first-order valence-corrected chi connectivity index (χ1v) is 16.0. The van der Waals surface area contributed by atoms with E-state index < -0.39 is 11.6 Å². The highest BCUT2D eigenvalue weighted by molar-refractivity contribution is 7.18. The highest BCUT2D eigenvalue weighted by atomic mass is 32.1. The van der Waals surface area contributed by atoms with E-state index >= 15 is 4.39 Å². The number of hydrogen-bond acceptors (Lipinski definition) is 8. The summed E-state index contributed by atoms with van der Waals surface area (Å²) >= 11 is 1.44. The Morgan fingerprint density at radius 2 is 1.91 bits per heavy atom. The van der Waals surface area contributed by atoms with Gasteiger partial charge in [0.2, 0.25) is 11.8 Å². The molecule has 0 saturated carbocycles. The molecule has 6 heterocycles. The van der Waals surface area contributed by atoms with Gasteiger partial charge < -0.3 is 24.2 Å². The van der Waals surface area contributed by atoms with Gasteiger partial charge in [-0.25, -0.2) is 13.8 Å². The van der Waals surface area contributed by atoms with E-state index in [1.165, 1.54) is 30.6 Å². The van der Waals surface area contributed by atoms with Crippen molar-refractivity contribution in [3.8, 4) is 28.3 Å². The molecule has 0 N–H and O–H groups in total. The maximum Gasteiger partial charge on any atom is 0.246 e. The van der Waals surface area contributed by atoms with Crippen molar-refractivity contribution in [1.82, 2.24) is 24.6 Å². The van der Waals surface area contributed by atoms with Gasteiger partial charge in [0.05, 0.1) is 30.5 Å². The topological polar surface area (TPSA) is 93.0 Å². The monoisotopic (exact) mass is 648 g/mol. The fourth-order valence-electron chi connectivity index (χ4n) is 6.94. The van der Waals surface area contributed by atoms with Gasteiger partial charge in [-0.15, -0.1) is 11.3 Å². The maximum absolute atomic E-state index is 16.0. The van der Waals surface area contributed by atoms with E-state index in [1.807, 2.05) is 34.0 Å². The molecule has 1 atom stereocenters. The first-order valence-electron chi connectivity index (χ1n) is 15.2. The second kappa shape index (κ2) is 11.5. The van der Waals surface area contributed by atoms with Crippen LogP contribution < -0.4 is 9.64 Å². The summed E-state index contributed by atoms with van der Waals surface area (Å²) in [5.41, 5.74) is 2.34. The number of nitrogens with zero attached hydrogens (tertiary/aromatic N) is 6. The fraction of sp³-hybridized carbons (Fsp3) is 0.394. The number of rotatable bonds is 8. The molecule has 1 unspecified atom stereocenters. The Morgan fingerprint density at radius 3 is 2.63 bits per heavy atom. The lowest BCUT2D eigenvalue weighted by molar-refractivity contribution is -0.142. The van der Waals surface area contributed by atoms with Crippen LogP contribution in [0.25, 0.3) is 32.6 Å². The van der Waals surface area contributed by atoms with Crippen LogP contribution in [-0.4, -0.2) is 89.4 Å². The summed E-state index contributed by atoms with van der Waals surface area (Å²) in [6.07, 6.45) is 1.31. The molecule has 0 radical (unpaired) electrons. The zero-order valence-electron chi connectivity index (χ0n) is 25.9. The van der Waals surface area contributed by atoms with Gasteiger partial charge in [0, 0.05) is 80.0 Å². The van der Waals surface area contributed by atoms with Crippen molar-refractivity contribution < 1.29 is 27.8 Å². The van der Waals surface area contributed by atoms with E-state index in [1.54, 1.807) is 11.8 Å². The van der Waals surface area contributed by atoms with Gasteiger partial charge in [-0.1, -0.05) is 6.58 Å². The standard InChI is InChI=1S/C33H34F2N6O4S/c1-5-27(43)40-7-8-41-25(19(40)2)14-24(37-41)30-29(28-23(35)12-21(34)13-26(28)45-10-9-44-4)31-22(6-11-46-31)32(36-30)39-17-33(18-39)15-38(16-33)20(3)42/h5-6,11-14,19H,1,7-10,15-18H2,2-4H3. The van der Waals surface area contributed by atoms with Crippen molar-refractivity contribution in [3.63, 3.8) is 0 Å². The van der Waals surface area contributed by atoms with E-state index in [2.05, 4.69) is 11.5 Å². The second-order valence-electron chi connectivity index (χ2n) is 12.2. The van der Waals surface area contributed by atoms with Gasteiger partial charge >= 0.3 is 0 Å². The molecule has 0 bridgehead atoms. The van der Waals surface area contributed by atoms with Crippen LogP contribution in [0.1, 0.15) is 25.6 Å². The molecule has 4 aromatic rings. The highest BCUT2D eigenvalue weighted by Crippen LogP contribution is 2.50. The molecule has 2 amide bonds. The summed E-state index contributed by atoms with van der Waals surface area (Å²) in [6.45, 7) is 11.3. The number of aromatic nitrogens is 3. The average molecular weight is 649 g/mol. The number of benzene rings is 1. The molecule has 1 spiro atoms. The van der Waals surface area contributed by atoms with Gasteiger partial charge in [-0.05, 0) is 30.5 Å². The predicted molar refractivity (Wildman–Crippen MR) is 171 cm³/mol. The first-order chi connectivity index (χ1) is 22.1. The third-order valence-corrected chi connectivity index (χ3v) is 10.1. The van der Waals surface area contributed by atoms with Crippen LogP contribution in [-0.2, 0) is 20.9 Å². The van der Waals surface area contributed by atoms with Crippen molar-refractivity contribution in [2.24, 2.45) is 5.41 Å². The Bertz CT molecular complexity index is 1880. The van der Waals surface area contributed by atoms with Gasteiger partial charge in [-0.2, -0.15) is 5.10 Å². The quantitative estimate of drug-likeness (QED) is 0.199. The Morgan fingerprint density at radius 1 is 1.13 bits per heavy atom. The van der Waals surface area contributed by atoms with Crippen molar-refractivity contribution in [2.45, 2.75) is 26.4 Å². The lowest BCUT2D eigenvalue weighted by Crippen LogP contribution is -2.73. The molecule has 13 heteroatoms. The predicted octanol–water partition coefficient (Wildman–Crippen LogP) is 4.89. The van der Waals surface area contributed by atoms with Crippen LogP contribution in [0.3, 0.4) is 0 Å². The number of thiophene rings is 1. The summed E-state index contributed by atoms with van der Waals surface area (Å²) in [4.78, 5) is 35.4. The van der Waals surface area contributed by atoms with Crippen LogP contribution in [0.5, 0.6) is 5.75 Å². The Balaban J connectivity index is 1.39. The zero-order chi connectivity index (χ0) is 32.3. The number of hydrogen-bond donors (Lipinski definition) is 0. The van der Waals surface area contributed by atoms with Crippen LogP contribution in [0, 0.1) is 17.0 Å². The lowest BCUT2D eigenvalue weighted by atomic mass is 9.72. The van der Waals surface area contributed by atoms with E-state index in [-0.39, 0.29) is 47.8 Å². The molecule has 240 valence electrons. The van der Waals surface area contributed by atoms with Crippen molar-refractivity contribution >= 4 is 39.1 Å². The summed E-state index contributed by atoms with van der Waals surface area (Å²) in [7, 11) is 1.53. The van der Waals surface area contributed by atoms with Crippen LogP contribution in [0.15, 0.2) is 42.3 Å². The van der Waals surface area contributed by atoms with Gasteiger partial charge in [-0.3, -0.25) is 14.3 Å². The smallest absolute Gasteiger partial charge is 0.246 e. The third kappa shape index (κ3) is 4.92. The molecule has 7 rings (SSSR count). The molecular formula is C33H34F2N6O4S. The average Bonchev–Trinajstić information content (AvgIpc) is 3.64. The molecule has 3 aromatic heterocycles. The van der Waals surface area contributed by atoms with E-state index in [0.717, 1.165) is 40.8 Å². The number of carbonyl (C=O) groups excluding carboxylic acids is 2. The minimum absolute atomic E-state index is 0.0318. The number of halogens is 2. The largest absolute Gasteiger partial charge is 0.490 e. The van der Waals surface area contributed by atoms with Gasteiger partial charge in [0.1, 0.15) is 41.2 Å². The highest BCUT2D eigenvalue weighted by Gasteiger charge is 2.53. The van der Waals surface area contributed by atoms with Crippen LogP contribution >= 0.6 is 11.3 Å². The van der Waals surface area contributed by atoms with Gasteiger partial charge in [0.25, 0.3) is 0 Å². The summed E-state index contributed by atoms with van der Waals surface area (Å²) in [5, 5.41) is 7.70. The molecule has 3 aliphatic heterocycles. The minimum atomic E-state index is -0.778. The van der Waals surface area contributed by atoms with Crippen LogP contribution in [0.4, 0.5) is 14.6 Å². The van der Waals surface area contributed by atoms with Crippen LogP contribution in [0.2, 0.25) is 0 Å². The number of ether oxygens (including phenoxy) is 2. The Kier molecular flexibility index (Phi) is 7.55. The molecular weight excluding hydrogens is 614 g/mol. The number of likely N-dealkylation sites (tertiary alicyclic amines) is 1. The molecule has 2 saturated heterocycles. The minimum Gasteiger partial charge on any atom is -0.490 e. The maximum atomic E-state index is 16.0. The SMILES string of the molecule is C=CC(=O)N1CCn2nc(-c3nc(N4CC5(CN(C(C)=O)C5)C4)c4ccsc4c3-c3c(F)cc(F)cc3OCCOC)cc2C1C. The zero-order valence-corrected chi connectivity index (χ0v) is 26.7. The third-order valence-electron chi connectivity index (χ3n) is 9.21. The fourth-order valence-corrected chi connectivity index (χ4v) is 7.89. The van der Waals surface area contributed by atoms with Gasteiger partial charge in [0.15, 0.2) is 0 Å². The molecule has 46 heavy (non-hydrogen) atoms. The number of fused-ring (bicyclic) bond motifs is 2. The molecule has 1 aromatic carbocycles. The molecule has 0 aliphatic carbocycles. The number of pyridine rings is 1. The number of amides is 2. The van der Waals surface area contributed by atoms with Crippen molar-refractivity contribution in [3.05, 3.63) is 59.6 Å². The number of methoxy groups -OCH3 is 1. The molecule has 3 aliphatic rings. The van der Waals surface area contributed by atoms with E-state index in [9.17, 15) is 14.0 Å². The normalized spacial score (nSPS) is 18.4. The Hall–Kier alpha value is -4.36. The van der Waals surface area contributed by atoms with E-state index in [4.69, 9.17) is 19.6 Å². The summed E-state index contributed by atoms with van der Waals surface area (Å²) in [5.74, 6) is -0.841. The molecule has 10 nitrogen and oxygen atoms in total. The first kappa shape index (κ1) is 30.3.